The van der Waals surface area contributed by atoms with Crippen LogP contribution in [0.3, 0.4) is 0 Å². The van der Waals surface area contributed by atoms with E-state index in [-0.39, 0.29) is 40.3 Å². The van der Waals surface area contributed by atoms with Crippen molar-refractivity contribution in [1.29, 1.82) is 0 Å². The van der Waals surface area contributed by atoms with Crippen LogP contribution in [0.1, 0.15) is 74.6 Å². The molecule has 1 aliphatic heterocycles. The van der Waals surface area contributed by atoms with Crippen LogP contribution < -0.4 is 9.46 Å². The van der Waals surface area contributed by atoms with E-state index in [1.807, 2.05) is 4.90 Å². The van der Waals surface area contributed by atoms with Crippen LogP contribution in [0.25, 0.3) is 0 Å². The number of benzene rings is 1. The van der Waals surface area contributed by atoms with Gasteiger partial charge in [-0.05, 0) is 56.7 Å². The molecule has 2 saturated carbocycles. The first-order chi connectivity index (χ1) is 14.9. The number of ketones is 1. The van der Waals surface area contributed by atoms with Crippen LogP contribution in [0, 0.1) is 5.92 Å². The van der Waals surface area contributed by atoms with Gasteiger partial charge in [0.2, 0.25) is 10.0 Å². The number of carbonyl (C=O) groups excluding carboxylic acids is 2. The minimum absolute atomic E-state index is 0.00661. The third-order valence-electron chi connectivity index (χ3n) is 6.73. The smallest absolute Gasteiger partial charge is 0.254 e. The number of amides is 1. The van der Waals surface area contributed by atoms with Gasteiger partial charge in [-0.25, -0.2) is 13.1 Å². The van der Waals surface area contributed by atoms with Gasteiger partial charge in [-0.3, -0.25) is 9.59 Å². The van der Waals surface area contributed by atoms with Crippen LogP contribution >= 0.6 is 0 Å². The molecule has 1 N–H and O–H groups in total. The molecule has 1 amide bonds. The average Bonchev–Trinajstić information content (AvgIpc) is 3.59. The van der Waals surface area contributed by atoms with Crippen LogP contribution in [0.4, 0.5) is 0 Å². The highest BCUT2D eigenvalue weighted by Crippen LogP contribution is 2.33. The van der Waals surface area contributed by atoms with E-state index in [1.54, 1.807) is 12.1 Å². The molecule has 0 unspecified atom stereocenters. The lowest BCUT2D eigenvalue weighted by molar-refractivity contribution is -0.126. The molecule has 8 heteroatoms. The molecule has 2 aliphatic carbocycles. The summed E-state index contributed by atoms with van der Waals surface area (Å²) >= 11 is 0. The standard InChI is InChI=1S/C23H32N2O5S/c1-30-21-13-10-16(15-22(21)31(28,29)24-17-11-12-17)23(27)25-14-6-2-3-8-19(25)18-7-4-5-9-20(18)26/h10,13,15,17-19,24H,2-9,11-12,14H2,1H3/t18-,19+/m1/s1. The molecule has 0 radical (unpaired) electrons. The largest absolute Gasteiger partial charge is 0.495 e. The van der Waals surface area contributed by atoms with Gasteiger partial charge in [-0.1, -0.05) is 19.3 Å². The number of hydrogen-bond donors (Lipinski definition) is 1. The molecule has 2 atom stereocenters. The first kappa shape index (κ1) is 22.3. The highest BCUT2D eigenvalue weighted by Gasteiger charge is 2.37. The lowest BCUT2D eigenvalue weighted by Gasteiger charge is -2.37. The molecule has 3 fully saturated rings. The van der Waals surface area contributed by atoms with Crippen molar-refractivity contribution in [2.24, 2.45) is 5.92 Å². The number of methoxy groups -OCH3 is 1. The molecular formula is C23H32N2O5S. The molecule has 0 aromatic heterocycles. The predicted molar refractivity (Wildman–Crippen MR) is 117 cm³/mol. The van der Waals surface area contributed by atoms with E-state index in [2.05, 4.69) is 4.72 Å². The summed E-state index contributed by atoms with van der Waals surface area (Å²) in [5.74, 6) is 0.187. The Balaban J connectivity index is 1.64. The van der Waals surface area contributed by atoms with Crippen molar-refractivity contribution in [1.82, 2.24) is 9.62 Å². The number of likely N-dealkylation sites (tertiary alicyclic amines) is 1. The number of nitrogens with zero attached hydrogens (tertiary/aromatic N) is 1. The number of nitrogens with one attached hydrogen (secondary N) is 1. The maximum Gasteiger partial charge on any atom is 0.254 e. The van der Waals surface area contributed by atoms with Crippen molar-refractivity contribution in [3.8, 4) is 5.75 Å². The Hall–Kier alpha value is -1.93. The van der Waals surface area contributed by atoms with Crippen LogP contribution in [-0.4, -0.2) is 50.7 Å². The third-order valence-corrected chi connectivity index (χ3v) is 8.27. The molecular weight excluding hydrogens is 416 g/mol. The average molecular weight is 449 g/mol. The highest BCUT2D eigenvalue weighted by atomic mass is 32.2. The molecule has 1 aromatic rings. The fraction of sp³-hybridized carbons (Fsp3) is 0.652. The Morgan fingerprint density at radius 1 is 1.06 bits per heavy atom. The van der Waals surface area contributed by atoms with Gasteiger partial charge >= 0.3 is 0 Å². The quantitative estimate of drug-likeness (QED) is 0.721. The summed E-state index contributed by atoms with van der Waals surface area (Å²) in [6.45, 7) is 0.599. The molecule has 170 valence electrons. The van der Waals surface area contributed by atoms with E-state index in [0.717, 1.165) is 57.8 Å². The summed E-state index contributed by atoms with van der Waals surface area (Å²) in [6.07, 6.45) is 8.80. The zero-order valence-corrected chi connectivity index (χ0v) is 19.0. The van der Waals surface area contributed by atoms with Crippen molar-refractivity contribution < 1.29 is 22.7 Å². The number of carbonyl (C=O) groups is 2. The number of rotatable bonds is 6. The minimum Gasteiger partial charge on any atom is -0.495 e. The highest BCUT2D eigenvalue weighted by molar-refractivity contribution is 7.89. The summed E-state index contributed by atoms with van der Waals surface area (Å²) in [6, 6.07) is 4.46. The summed E-state index contributed by atoms with van der Waals surface area (Å²) in [5, 5.41) is 0. The second kappa shape index (κ2) is 9.28. The van der Waals surface area contributed by atoms with Gasteiger partial charge < -0.3 is 9.64 Å². The van der Waals surface area contributed by atoms with Crippen molar-refractivity contribution in [2.45, 2.75) is 81.2 Å². The van der Waals surface area contributed by atoms with Gasteiger partial charge in [-0.2, -0.15) is 0 Å². The Morgan fingerprint density at radius 3 is 2.55 bits per heavy atom. The Labute approximate surface area is 184 Å². The van der Waals surface area contributed by atoms with Gasteiger partial charge in [0, 0.05) is 36.5 Å². The number of hydrogen-bond acceptors (Lipinski definition) is 5. The van der Waals surface area contributed by atoms with E-state index in [0.29, 0.717) is 18.5 Å². The van der Waals surface area contributed by atoms with E-state index in [9.17, 15) is 18.0 Å². The summed E-state index contributed by atoms with van der Waals surface area (Å²) in [7, 11) is -2.35. The van der Waals surface area contributed by atoms with Gasteiger partial charge in [0.1, 0.15) is 16.4 Å². The molecule has 31 heavy (non-hydrogen) atoms. The monoisotopic (exact) mass is 448 g/mol. The van der Waals surface area contributed by atoms with E-state index < -0.39 is 10.0 Å². The first-order valence-electron chi connectivity index (χ1n) is 11.4. The van der Waals surface area contributed by atoms with Crippen LogP contribution in [0.15, 0.2) is 23.1 Å². The Bertz CT molecular complexity index is 941. The van der Waals surface area contributed by atoms with E-state index in [4.69, 9.17) is 4.74 Å². The molecule has 0 bridgehead atoms. The number of ether oxygens (including phenoxy) is 1. The van der Waals surface area contributed by atoms with Gasteiger partial charge in [0.05, 0.1) is 7.11 Å². The molecule has 3 aliphatic rings. The van der Waals surface area contributed by atoms with Gasteiger partial charge in [0.25, 0.3) is 5.91 Å². The topological polar surface area (TPSA) is 92.8 Å². The lowest BCUT2D eigenvalue weighted by Crippen LogP contribution is -2.47. The minimum atomic E-state index is -3.78. The first-order valence-corrected chi connectivity index (χ1v) is 12.9. The fourth-order valence-corrected chi connectivity index (χ4v) is 6.39. The lowest BCUT2D eigenvalue weighted by atomic mass is 9.80. The van der Waals surface area contributed by atoms with Crippen LogP contribution in [0.5, 0.6) is 5.75 Å². The molecule has 7 nitrogen and oxygen atoms in total. The number of sulfonamides is 1. The van der Waals surface area contributed by atoms with E-state index >= 15 is 0 Å². The molecule has 0 spiro atoms. The second-order valence-electron chi connectivity index (χ2n) is 9.00. The second-order valence-corrected chi connectivity index (χ2v) is 10.7. The van der Waals surface area contributed by atoms with Crippen LogP contribution in [0.2, 0.25) is 0 Å². The maximum absolute atomic E-state index is 13.6. The summed E-state index contributed by atoms with van der Waals surface area (Å²) in [5.41, 5.74) is 0.326. The van der Waals surface area contributed by atoms with Crippen molar-refractivity contribution >= 4 is 21.7 Å². The molecule has 4 rings (SSSR count). The van der Waals surface area contributed by atoms with E-state index in [1.165, 1.54) is 13.2 Å². The molecule has 1 heterocycles. The molecule has 1 aromatic carbocycles. The maximum atomic E-state index is 13.6. The fourth-order valence-electron chi connectivity index (χ4n) is 4.89. The SMILES string of the molecule is COc1ccc(C(=O)N2CCCCC[C@H]2[C@H]2CCCCC2=O)cc1S(=O)(=O)NC1CC1. The van der Waals surface area contributed by atoms with Crippen molar-refractivity contribution in [3.63, 3.8) is 0 Å². The Morgan fingerprint density at radius 2 is 1.84 bits per heavy atom. The predicted octanol–water partition coefficient (Wildman–Crippen LogP) is 3.28. The van der Waals surface area contributed by atoms with Crippen molar-refractivity contribution in [3.05, 3.63) is 23.8 Å². The van der Waals surface area contributed by atoms with Gasteiger partial charge in [-0.15, -0.1) is 0 Å². The zero-order valence-electron chi connectivity index (χ0n) is 18.1. The summed E-state index contributed by atoms with van der Waals surface area (Å²) < 4.78 is 33.7. The number of Topliss-reactive ketones (excluding diaryl/α,β-unsaturated/α-hetero) is 1. The normalized spacial score (nSPS) is 25.2. The molecule has 1 saturated heterocycles. The Kier molecular flexibility index (Phi) is 6.67. The van der Waals surface area contributed by atoms with Gasteiger partial charge in [0.15, 0.2) is 0 Å². The third kappa shape index (κ3) is 4.95. The van der Waals surface area contributed by atoms with Crippen molar-refractivity contribution in [2.75, 3.05) is 13.7 Å². The zero-order chi connectivity index (χ0) is 22.0. The van der Waals surface area contributed by atoms with Crippen LogP contribution in [-0.2, 0) is 14.8 Å². The summed E-state index contributed by atoms with van der Waals surface area (Å²) in [4.78, 5) is 28.1.